The molecule has 2 rings (SSSR count). The van der Waals surface area contributed by atoms with Crippen molar-refractivity contribution in [3.63, 3.8) is 0 Å². The molecule has 0 bridgehead atoms. The second kappa shape index (κ2) is 4.36. The van der Waals surface area contributed by atoms with Crippen molar-refractivity contribution >= 4 is 23.0 Å². The molecule has 0 saturated heterocycles. The number of hydrazone groups is 1. The maximum absolute atomic E-state index is 5.28. The van der Waals surface area contributed by atoms with E-state index in [-0.39, 0.29) is 11.9 Å². The molecule has 0 fully saturated rings. The van der Waals surface area contributed by atoms with Gasteiger partial charge < -0.3 is 15.2 Å². The average Bonchev–Trinajstić information content (AvgIpc) is 2.72. The molecule has 1 aliphatic heterocycles. The lowest BCUT2D eigenvalue weighted by molar-refractivity contribution is 0.174. The third-order valence-electron chi connectivity index (χ3n) is 2.12. The van der Waals surface area contributed by atoms with Crippen LogP contribution < -0.4 is 20.6 Å². The summed E-state index contributed by atoms with van der Waals surface area (Å²) in [7, 11) is 0. The van der Waals surface area contributed by atoms with Crippen molar-refractivity contribution < 1.29 is 9.47 Å². The fourth-order valence-corrected chi connectivity index (χ4v) is 1.37. The van der Waals surface area contributed by atoms with E-state index in [1.54, 1.807) is 0 Å². The Kier molecular flexibility index (Phi) is 2.91. The molecular weight excluding hydrogens is 226 g/mol. The Morgan fingerprint density at radius 3 is 2.94 bits per heavy atom. The molecule has 84 valence electrons. The van der Waals surface area contributed by atoms with E-state index >= 15 is 0 Å². The van der Waals surface area contributed by atoms with Crippen LogP contribution >= 0.6 is 12.2 Å². The number of rotatable bonds is 2. The van der Waals surface area contributed by atoms with E-state index in [4.69, 9.17) is 15.2 Å². The molecule has 0 saturated carbocycles. The molecule has 1 heterocycles. The molecule has 0 atom stereocenters. The zero-order chi connectivity index (χ0) is 11.5. The zero-order valence-electron chi connectivity index (χ0n) is 8.69. The van der Waals surface area contributed by atoms with E-state index in [2.05, 4.69) is 22.7 Å². The van der Waals surface area contributed by atoms with Crippen molar-refractivity contribution in [3.8, 4) is 11.5 Å². The molecule has 3 N–H and O–H groups in total. The molecule has 0 radical (unpaired) electrons. The summed E-state index contributed by atoms with van der Waals surface area (Å²) in [6.07, 6.45) is 0. The van der Waals surface area contributed by atoms with Gasteiger partial charge in [-0.2, -0.15) is 5.10 Å². The van der Waals surface area contributed by atoms with Gasteiger partial charge in [-0.3, -0.25) is 5.43 Å². The smallest absolute Gasteiger partial charge is 0.231 e. The van der Waals surface area contributed by atoms with E-state index in [1.165, 1.54) is 0 Å². The molecule has 0 spiro atoms. The quantitative estimate of drug-likeness (QED) is 0.456. The lowest BCUT2D eigenvalue weighted by Gasteiger charge is -2.03. The van der Waals surface area contributed by atoms with Crippen LogP contribution in [-0.2, 0) is 0 Å². The van der Waals surface area contributed by atoms with E-state index < -0.39 is 0 Å². The molecule has 0 unspecified atom stereocenters. The predicted octanol–water partition coefficient (Wildman–Crippen LogP) is 0.973. The molecular formula is C10H11N3O2S. The zero-order valence-corrected chi connectivity index (χ0v) is 9.50. The highest BCUT2D eigenvalue weighted by atomic mass is 32.1. The van der Waals surface area contributed by atoms with Crippen molar-refractivity contribution in [2.45, 2.75) is 6.92 Å². The summed E-state index contributed by atoms with van der Waals surface area (Å²) in [4.78, 5) is 0. The van der Waals surface area contributed by atoms with Crippen LogP contribution in [-0.4, -0.2) is 17.6 Å². The molecule has 1 aromatic carbocycles. The molecule has 16 heavy (non-hydrogen) atoms. The van der Waals surface area contributed by atoms with Gasteiger partial charge in [0.05, 0.1) is 5.71 Å². The number of thiocarbonyl (C=S) groups is 1. The summed E-state index contributed by atoms with van der Waals surface area (Å²) in [6.45, 7) is 2.11. The number of nitrogens with zero attached hydrogens (tertiary/aromatic N) is 1. The minimum absolute atomic E-state index is 0.139. The molecule has 0 amide bonds. The van der Waals surface area contributed by atoms with Crippen molar-refractivity contribution in [2.75, 3.05) is 6.79 Å². The lowest BCUT2D eigenvalue weighted by Crippen LogP contribution is -2.25. The third-order valence-corrected chi connectivity index (χ3v) is 2.22. The summed E-state index contributed by atoms with van der Waals surface area (Å²) in [6, 6.07) is 5.60. The first kappa shape index (κ1) is 10.7. The summed E-state index contributed by atoms with van der Waals surface area (Å²) in [5.74, 6) is 1.47. The molecule has 6 heteroatoms. The van der Waals surface area contributed by atoms with Gasteiger partial charge in [0.1, 0.15) is 0 Å². The SMILES string of the molecule is CC(=NNC(N)=S)c1ccc2c(c1)OCO2. The Hall–Kier alpha value is -1.82. The maximum atomic E-state index is 5.28. The molecule has 5 nitrogen and oxygen atoms in total. The van der Waals surface area contributed by atoms with E-state index in [1.807, 2.05) is 25.1 Å². The minimum Gasteiger partial charge on any atom is -0.454 e. The summed E-state index contributed by atoms with van der Waals surface area (Å²) in [5, 5.41) is 4.16. The van der Waals surface area contributed by atoms with Crippen molar-refractivity contribution in [1.29, 1.82) is 0 Å². The van der Waals surface area contributed by atoms with Crippen molar-refractivity contribution in [1.82, 2.24) is 5.43 Å². The summed E-state index contributed by atoms with van der Waals surface area (Å²) < 4.78 is 10.5. The number of hydrogen-bond acceptors (Lipinski definition) is 4. The Balaban J connectivity index is 2.21. The molecule has 1 aliphatic rings. The normalized spacial score (nSPS) is 13.7. The van der Waals surface area contributed by atoms with Gasteiger partial charge in [-0.15, -0.1) is 0 Å². The van der Waals surface area contributed by atoms with Crippen molar-refractivity contribution in [2.24, 2.45) is 10.8 Å². The second-order valence-electron chi connectivity index (χ2n) is 3.24. The van der Waals surface area contributed by atoms with Gasteiger partial charge in [0.25, 0.3) is 0 Å². The third kappa shape index (κ3) is 2.22. The van der Waals surface area contributed by atoms with Gasteiger partial charge in [-0.05, 0) is 37.3 Å². The molecule has 1 aromatic rings. The van der Waals surface area contributed by atoms with Gasteiger partial charge in [-0.1, -0.05) is 0 Å². The van der Waals surface area contributed by atoms with Crippen LogP contribution in [0, 0.1) is 0 Å². The second-order valence-corrected chi connectivity index (χ2v) is 3.68. The fourth-order valence-electron chi connectivity index (χ4n) is 1.33. The van der Waals surface area contributed by atoms with Crippen molar-refractivity contribution in [3.05, 3.63) is 23.8 Å². The Labute approximate surface area is 98.2 Å². The maximum Gasteiger partial charge on any atom is 0.231 e. The van der Waals surface area contributed by atoms with Crippen LogP contribution in [0.15, 0.2) is 23.3 Å². The van der Waals surface area contributed by atoms with E-state index in [0.29, 0.717) is 0 Å². The van der Waals surface area contributed by atoms with Gasteiger partial charge in [0, 0.05) is 5.56 Å². The fraction of sp³-hybridized carbons (Fsp3) is 0.200. The highest BCUT2D eigenvalue weighted by Gasteiger charge is 2.13. The Morgan fingerprint density at radius 1 is 1.44 bits per heavy atom. The van der Waals surface area contributed by atoms with Gasteiger partial charge in [-0.25, -0.2) is 0 Å². The first-order valence-corrected chi connectivity index (χ1v) is 5.07. The van der Waals surface area contributed by atoms with Gasteiger partial charge in [0.15, 0.2) is 16.6 Å². The van der Waals surface area contributed by atoms with Crippen LogP contribution in [0.4, 0.5) is 0 Å². The Morgan fingerprint density at radius 2 is 2.19 bits per heavy atom. The minimum atomic E-state index is 0.139. The number of fused-ring (bicyclic) bond motifs is 1. The summed E-state index contributed by atoms with van der Waals surface area (Å²) in [5.41, 5.74) is 9.51. The number of nitrogens with one attached hydrogen (secondary N) is 1. The molecule has 0 aromatic heterocycles. The van der Waals surface area contributed by atoms with E-state index in [0.717, 1.165) is 22.8 Å². The highest BCUT2D eigenvalue weighted by molar-refractivity contribution is 7.80. The first-order chi connectivity index (χ1) is 7.66. The van der Waals surface area contributed by atoms with E-state index in [9.17, 15) is 0 Å². The highest BCUT2D eigenvalue weighted by Crippen LogP contribution is 2.32. The lowest BCUT2D eigenvalue weighted by atomic mass is 10.1. The topological polar surface area (TPSA) is 68.9 Å². The van der Waals surface area contributed by atoms with Crippen LogP contribution in [0.2, 0.25) is 0 Å². The summed E-state index contributed by atoms with van der Waals surface area (Å²) >= 11 is 4.66. The standard InChI is InChI=1S/C10H11N3O2S/c1-6(12-13-10(11)16)7-2-3-8-9(4-7)15-5-14-8/h2-4H,5H2,1H3,(H3,11,13,16). The number of hydrogen-bond donors (Lipinski definition) is 2. The monoisotopic (exact) mass is 237 g/mol. The van der Waals surface area contributed by atoms with Crippen LogP contribution in [0.1, 0.15) is 12.5 Å². The predicted molar refractivity (Wildman–Crippen MR) is 64.7 cm³/mol. The van der Waals surface area contributed by atoms with Crippen LogP contribution in [0.25, 0.3) is 0 Å². The Bertz CT molecular complexity index is 459. The number of benzene rings is 1. The van der Waals surface area contributed by atoms with Crippen LogP contribution in [0.3, 0.4) is 0 Å². The largest absolute Gasteiger partial charge is 0.454 e. The number of nitrogens with two attached hydrogens (primary N) is 1. The van der Waals surface area contributed by atoms with Gasteiger partial charge >= 0.3 is 0 Å². The number of ether oxygens (including phenoxy) is 2. The molecule has 0 aliphatic carbocycles. The average molecular weight is 237 g/mol. The van der Waals surface area contributed by atoms with Gasteiger partial charge in [0.2, 0.25) is 6.79 Å². The van der Waals surface area contributed by atoms with Crippen LogP contribution in [0.5, 0.6) is 11.5 Å². The first-order valence-electron chi connectivity index (χ1n) is 4.66.